The van der Waals surface area contributed by atoms with E-state index in [1.165, 1.54) is 18.3 Å². The van der Waals surface area contributed by atoms with Gasteiger partial charge in [0.2, 0.25) is 11.6 Å². The molecular weight excluding hydrogens is 647 g/mol. The number of fused-ring (bicyclic) bond motifs is 2. The van der Waals surface area contributed by atoms with E-state index in [9.17, 15) is 14.9 Å². The molecule has 0 unspecified atom stereocenters. The Kier molecular flexibility index (Phi) is 7.51. The zero-order chi connectivity index (χ0) is 29.4. The van der Waals surface area contributed by atoms with Crippen molar-refractivity contribution in [3.05, 3.63) is 131 Å². The minimum Gasteiger partial charge on any atom is -0.481 e. The molecule has 0 N–H and O–H groups in total. The predicted molar refractivity (Wildman–Crippen MR) is 166 cm³/mol. The second kappa shape index (κ2) is 11.4. The van der Waals surface area contributed by atoms with E-state index >= 15 is 0 Å². The third-order valence-corrected chi connectivity index (χ3v) is 7.30. The molecule has 0 bridgehead atoms. The molecule has 0 saturated carbocycles. The molecule has 0 aliphatic heterocycles. The highest BCUT2D eigenvalue weighted by atomic mass is 79.9. The molecule has 9 nitrogen and oxygen atoms in total. The number of hydrogen-bond acceptors (Lipinski definition) is 7. The van der Waals surface area contributed by atoms with Crippen molar-refractivity contribution >= 4 is 72.9 Å². The van der Waals surface area contributed by atoms with Gasteiger partial charge in [0.15, 0.2) is 5.76 Å². The van der Waals surface area contributed by atoms with E-state index in [4.69, 9.17) is 32.4 Å². The van der Waals surface area contributed by atoms with Crippen LogP contribution in [0.15, 0.2) is 104 Å². The Labute approximate surface area is 255 Å². The third kappa shape index (κ3) is 5.52. The Hall–Kier alpha value is -4.51. The average Bonchev–Trinajstić information content (AvgIpc) is 3.39. The van der Waals surface area contributed by atoms with Crippen molar-refractivity contribution in [1.29, 1.82) is 0 Å². The van der Waals surface area contributed by atoms with Gasteiger partial charge < -0.3 is 9.15 Å². The van der Waals surface area contributed by atoms with E-state index < -0.39 is 10.5 Å². The standard InChI is InChI=1S/C30H17BrCl2N4O5/c31-20-7-5-17(6-8-20)16-41-28-19(12-22(33)14-25(28)37(39)40)15-34-36-29(35-24-4-2-1-3-23(24)30(36)38)27-13-18-11-21(32)9-10-26(18)42-27/h1-15H,16H2. The van der Waals surface area contributed by atoms with E-state index in [2.05, 4.69) is 26.0 Å². The van der Waals surface area contributed by atoms with Crippen LogP contribution in [0.4, 0.5) is 5.69 Å². The second-order valence-corrected chi connectivity index (χ2v) is 10.9. The molecule has 6 aromatic rings. The van der Waals surface area contributed by atoms with Crippen LogP contribution in [-0.4, -0.2) is 20.8 Å². The van der Waals surface area contributed by atoms with Gasteiger partial charge in [0.25, 0.3) is 5.56 Å². The summed E-state index contributed by atoms with van der Waals surface area (Å²) in [5, 5.41) is 18.0. The fourth-order valence-corrected chi connectivity index (χ4v) is 5.03. The van der Waals surface area contributed by atoms with Gasteiger partial charge in [0.05, 0.1) is 22.0 Å². The molecule has 208 valence electrons. The minimum atomic E-state index is -0.588. The van der Waals surface area contributed by atoms with Crippen molar-refractivity contribution in [3.63, 3.8) is 0 Å². The highest BCUT2D eigenvalue weighted by molar-refractivity contribution is 9.10. The van der Waals surface area contributed by atoms with Crippen LogP contribution in [-0.2, 0) is 6.61 Å². The molecule has 4 aromatic carbocycles. The Morgan fingerprint density at radius 2 is 1.81 bits per heavy atom. The first-order chi connectivity index (χ1) is 20.3. The lowest BCUT2D eigenvalue weighted by Crippen LogP contribution is -2.20. The molecule has 2 heterocycles. The maximum absolute atomic E-state index is 13.7. The number of ether oxygens (including phenoxy) is 1. The Morgan fingerprint density at radius 1 is 1.02 bits per heavy atom. The fraction of sp³-hybridized carbons (Fsp3) is 0.0333. The van der Waals surface area contributed by atoms with E-state index in [1.54, 1.807) is 48.5 Å². The molecule has 0 aliphatic carbocycles. The highest BCUT2D eigenvalue weighted by Crippen LogP contribution is 2.35. The highest BCUT2D eigenvalue weighted by Gasteiger charge is 2.22. The number of nitro benzene ring substituents is 1. The summed E-state index contributed by atoms with van der Waals surface area (Å²) in [7, 11) is 0. The van der Waals surface area contributed by atoms with Gasteiger partial charge in [-0.1, -0.05) is 63.4 Å². The lowest BCUT2D eigenvalue weighted by Gasteiger charge is -2.11. The van der Waals surface area contributed by atoms with Crippen LogP contribution in [0.2, 0.25) is 10.0 Å². The van der Waals surface area contributed by atoms with Crippen molar-refractivity contribution in [3.8, 4) is 17.3 Å². The molecule has 42 heavy (non-hydrogen) atoms. The summed E-state index contributed by atoms with van der Waals surface area (Å²) < 4.78 is 13.9. The van der Waals surface area contributed by atoms with Crippen LogP contribution in [0.25, 0.3) is 33.5 Å². The summed E-state index contributed by atoms with van der Waals surface area (Å²) in [5.41, 5.74) is 1.14. The first-order valence-electron chi connectivity index (χ1n) is 12.4. The van der Waals surface area contributed by atoms with Crippen molar-refractivity contribution in [2.45, 2.75) is 6.61 Å². The van der Waals surface area contributed by atoms with Gasteiger partial charge in [-0.2, -0.15) is 9.78 Å². The van der Waals surface area contributed by atoms with Crippen molar-refractivity contribution in [2.24, 2.45) is 5.10 Å². The number of nitrogens with zero attached hydrogens (tertiary/aromatic N) is 4. The van der Waals surface area contributed by atoms with E-state index in [-0.39, 0.29) is 40.2 Å². The SMILES string of the molecule is O=c1c2ccccc2nc(-c2cc3cc(Cl)ccc3o2)n1N=Cc1cc(Cl)cc([N+](=O)[O-])c1OCc1ccc(Br)cc1. The zero-order valence-corrected chi connectivity index (χ0v) is 24.4. The quantitative estimate of drug-likeness (QED) is 0.0966. The number of para-hydroxylation sites is 1. The third-order valence-electron chi connectivity index (χ3n) is 6.32. The first-order valence-corrected chi connectivity index (χ1v) is 13.9. The monoisotopic (exact) mass is 662 g/mol. The predicted octanol–water partition coefficient (Wildman–Crippen LogP) is 8.25. The summed E-state index contributed by atoms with van der Waals surface area (Å²) in [6.07, 6.45) is 1.27. The average molecular weight is 664 g/mol. The number of hydrogen-bond donors (Lipinski definition) is 0. The number of rotatable bonds is 7. The molecule has 0 saturated heterocycles. The first kappa shape index (κ1) is 27.6. The Balaban J connectivity index is 1.49. The summed E-state index contributed by atoms with van der Waals surface area (Å²) in [4.78, 5) is 29.7. The van der Waals surface area contributed by atoms with Gasteiger partial charge >= 0.3 is 5.69 Å². The number of nitro groups is 1. The van der Waals surface area contributed by atoms with E-state index in [0.717, 1.165) is 14.7 Å². The summed E-state index contributed by atoms with van der Waals surface area (Å²) in [5.74, 6) is 0.338. The maximum Gasteiger partial charge on any atom is 0.313 e. The van der Waals surface area contributed by atoms with Crippen LogP contribution in [0.5, 0.6) is 5.75 Å². The molecule has 0 fully saturated rings. The zero-order valence-electron chi connectivity index (χ0n) is 21.3. The number of furan rings is 1. The molecule has 0 radical (unpaired) electrons. The van der Waals surface area contributed by atoms with Gasteiger partial charge in [-0.3, -0.25) is 14.9 Å². The molecule has 2 aromatic heterocycles. The van der Waals surface area contributed by atoms with Crippen LogP contribution < -0.4 is 10.3 Å². The minimum absolute atomic E-state index is 0.0425. The maximum atomic E-state index is 13.7. The summed E-state index contributed by atoms with van der Waals surface area (Å²) in [6.45, 7) is 0.0425. The van der Waals surface area contributed by atoms with Crippen molar-refractivity contribution in [1.82, 2.24) is 9.66 Å². The van der Waals surface area contributed by atoms with Crippen LogP contribution in [0.3, 0.4) is 0 Å². The Bertz CT molecular complexity index is 2090. The lowest BCUT2D eigenvalue weighted by molar-refractivity contribution is -0.385. The molecule has 0 atom stereocenters. The van der Waals surface area contributed by atoms with Crippen molar-refractivity contribution < 1.29 is 14.1 Å². The number of halogens is 3. The van der Waals surface area contributed by atoms with Gasteiger partial charge in [-0.05, 0) is 60.2 Å². The number of aromatic nitrogens is 2. The van der Waals surface area contributed by atoms with Gasteiger partial charge in [-0.25, -0.2) is 4.98 Å². The Morgan fingerprint density at radius 3 is 2.60 bits per heavy atom. The van der Waals surface area contributed by atoms with E-state index in [0.29, 0.717) is 26.9 Å². The normalized spacial score (nSPS) is 11.5. The van der Waals surface area contributed by atoms with Gasteiger partial charge in [0, 0.05) is 31.5 Å². The van der Waals surface area contributed by atoms with E-state index in [1.807, 2.05) is 24.3 Å². The second-order valence-electron chi connectivity index (χ2n) is 9.12. The van der Waals surface area contributed by atoms with Crippen LogP contribution in [0, 0.1) is 10.1 Å². The fourth-order valence-electron chi connectivity index (χ4n) is 4.36. The number of benzene rings is 4. The molecule has 0 aliphatic rings. The largest absolute Gasteiger partial charge is 0.481 e. The van der Waals surface area contributed by atoms with Crippen LogP contribution in [0.1, 0.15) is 11.1 Å². The van der Waals surface area contributed by atoms with Crippen molar-refractivity contribution in [2.75, 3.05) is 0 Å². The van der Waals surface area contributed by atoms with Gasteiger partial charge in [0.1, 0.15) is 12.2 Å². The summed E-state index contributed by atoms with van der Waals surface area (Å²) in [6, 6.07) is 23.7. The molecule has 0 spiro atoms. The molecule has 6 rings (SSSR count). The molecule has 12 heteroatoms. The summed E-state index contributed by atoms with van der Waals surface area (Å²) >= 11 is 15.8. The lowest BCUT2D eigenvalue weighted by atomic mass is 10.2. The smallest absolute Gasteiger partial charge is 0.313 e. The van der Waals surface area contributed by atoms with Gasteiger partial charge in [-0.15, -0.1) is 0 Å². The molecule has 0 amide bonds. The van der Waals surface area contributed by atoms with Crippen LogP contribution >= 0.6 is 39.1 Å². The molecular formula is C30H17BrCl2N4O5. The topological polar surface area (TPSA) is 113 Å².